The fourth-order valence-electron chi connectivity index (χ4n) is 3.02. The Hall–Kier alpha value is -2.10. The molecule has 28 heavy (non-hydrogen) atoms. The van der Waals surface area contributed by atoms with E-state index >= 15 is 0 Å². The van der Waals surface area contributed by atoms with Gasteiger partial charge in [-0.05, 0) is 25.7 Å². The molecule has 0 aliphatic rings. The number of aromatic nitrogens is 3. The molecule has 1 heterocycles. The van der Waals surface area contributed by atoms with E-state index in [1.165, 1.54) is 82.0 Å². The molecule has 0 aromatic carbocycles. The maximum atomic E-state index is 9.85. The Morgan fingerprint density at radius 2 is 1.00 bits per heavy atom. The number of nitro groups is 2. The van der Waals surface area contributed by atoms with E-state index < -0.39 is 21.7 Å². The number of unbranched alkanes of at least 4 members (excludes halogenated alkanes) is 4. The Balaban J connectivity index is 0.000000567. The summed E-state index contributed by atoms with van der Waals surface area (Å²) >= 11 is 0. The van der Waals surface area contributed by atoms with E-state index in [2.05, 4.69) is 42.9 Å². The van der Waals surface area contributed by atoms with Gasteiger partial charge < -0.3 is 24.7 Å². The molecular weight excluding hydrogens is 364 g/mol. The SMILES string of the molecule is CCCC[N+](CCCC)(CCCC)CCCC.O=[N+]([O-])c1nnc([N+](=O)[O-])[n-]1. The minimum Gasteiger partial charge on any atom is -0.417 e. The van der Waals surface area contributed by atoms with Crippen molar-refractivity contribution in [1.82, 2.24) is 15.2 Å². The second-order valence-corrected chi connectivity index (χ2v) is 7.08. The monoisotopic (exact) mass is 400 g/mol. The van der Waals surface area contributed by atoms with Crippen LogP contribution in [0.25, 0.3) is 0 Å². The highest BCUT2D eigenvalue weighted by Gasteiger charge is 2.24. The van der Waals surface area contributed by atoms with Crippen molar-refractivity contribution >= 4 is 11.9 Å². The van der Waals surface area contributed by atoms with Gasteiger partial charge in [0, 0.05) is 10.2 Å². The van der Waals surface area contributed by atoms with Crippen LogP contribution in [0.5, 0.6) is 0 Å². The molecule has 0 unspecified atom stereocenters. The van der Waals surface area contributed by atoms with Crippen molar-refractivity contribution in [1.29, 1.82) is 0 Å². The van der Waals surface area contributed by atoms with Crippen molar-refractivity contribution in [3.8, 4) is 0 Å². The number of nitrogens with zero attached hydrogens (tertiary/aromatic N) is 6. The van der Waals surface area contributed by atoms with Crippen molar-refractivity contribution in [2.75, 3.05) is 26.2 Å². The molecule has 0 saturated carbocycles. The average Bonchev–Trinajstić information content (AvgIpc) is 3.18. The molecule has 0 N–H and O–H groups in total. The molecule has 0 radical (unpaired) electrons. The molecule has 0 bridgehead atoms. The molecule has 1 aromatic rings. The first-order valence-electron chi connectivity index (χ1n) is 10.4. The molecule has 0 fully saturated rings. The maximum Gasteiger partial charge on any atom is 0.418 e. The van der Waals surface area contributed by atoms with Gasteiger partial charge >= 0.3 is 11.9 Å². The molecule has 0 aliphatic heterocycles. The molecule has 1 aromatic heterocycles. The highest BCUT2D eigenvalue weighted by Crippen LogP contribution is 2.16. The molecule has 0 saturated heterocycles. The lowest BCUT2D eigenvalue weighted by Gasteiger charge is -2.39. The van der Waals surface area contributed by atoms with Crippen LogP contribution in [0.2, 0.25) is 0 Å². The van der Waals surface area contributed by atoms with Gasteiger partial charge in [-0.15, -0.1) is 0 Å². The van der Waals surface area contributed by atoms with Gasteiger partial charge in [0.05, 0.1) is 26.2 Å². The van der Waals surface area contributed by atoms with Gasteiger partial charge in [-0.3, -0.25) is 0 Å². The molecule has 0 aliphatic carbocycles. The molecule has 162 valence electrons. The predicted octanol–water partition coefficient (Wildman–Crippen LogP) is 4.25. The van der Waals surface area contributed by atoms with Crippen LogP contribution in [0.4, 0.5) is 11.9 Å². The summed E-state index contributed by atoms with van der Waals surface area (Å²) in [6, 6.07) is 0. The van der Waals surface area contributed by atoms with E-state index in [-0.39, 0.29) is 0 Å². The summed E-state index contributed by atoms with van der Waals surface area (Å²) in [6.07, 6.45) is 11.1. The standard InChI is InChI=1S/C16H36N.C2N5O4/c1-5-9-13-17(14-10-6-2,15-11-7-3)16-12-8-4;8-6(9)1-3-2(5-4-1)7(10)11/h5-16H2,1-4H3;/q+1;-1. The summed E-state index contributed by atoms with van der Waals surface area (Å²) < 4.78 is 1.42. The first-order valence-corrected chi connectivity index (χ1v) is 10.4. The Morgan fingerprint density at radius 3 is 1.18 bits per heavy atom. The van der Waals surface area contributed by atoms with Crippen LogP contribution in [-0.2, 0) is 0 Å². The number of hydrogen-bond acceptors (Lipinski definition) is 6. The van der Waals surface area contributed by atoms with E-state index in [4.69, 9.17) is 0 Å². The zero-order valence-corrected chi connectivity index (χ0v) is 17.8. The zero-order chi connectivity index (χ0) is 21.4. The molecule has 10 heteroatoms. The van der Waals surface area contributed by atoms with Gasteiger partial charge in [0.15, 0.2) is 0 Å². The first kappa shape index (κ1) is 25.9. The maximum absolute atomic E-state index is 9.85. The second kappa shape index (κ2) is 14.9. The summed E-state index contributed by atoms with van der Waals surface area (Å²) in [5.41, 5.74) is 0. The summed E-state index contributed by atoms with van der Waals surface area (Å²) in [6.45, 7) is 15.0. The van der Waals surface area contributed by atoms with Crippen molar-refractivity contribution in [3.05, 3.63) is 20.2 Å². The molecule has 0 amide bonds. The minimum atomic E-state index is -0.958. The number of hydrogen-bond donors (Lipinski definition) is 0. The third-order valence-corrected chi connectivity index (χ3v) is 4.70. The fraction of sp³-hybridized carbons (Fsp3) is 0.889. The van der Waals surface area contributed by atoms with Crippen LogP contribution in [0.15, 0.2) is 0 Å². The summed E-state index contributed by atoms with van der Waals surface area (Å²) in [4.78, 5) is 20.7. The molecular formula is C18H36N6O4. The molecule has 10 nitrogen and oxygen atoms in total. The van der Waals surface area contributed by atoms with Crippen LogP contribution in [0.3, 0.4) is 0 Å². The van der Waals surface area contributed by atoms with Crippen molar-refractivity contribution < 1.29 is 14.3 Å². The molecule has 0 atom stereocenters. The van der Waals surface area contributed by atoms with Crippen LogP contribution in [-0.4, -0.2) is 50.7 Å². The van der Waals surface area contributed by atoms with E-state index in [1.54, 1.807) is 0 Å². The zero-order valence-electron chi connectivity index (χ0n) is 17.8. The highest BCUT2D eigenvalue weighted by atomic mass is 16.6. The van der Waals surface area contributed by atoms with E-state index in [9.17, 15) is 20.2 Å². The van der Waals surface area contributed by atoms with Gasteiger partial charge in [-0.2, -0.15) is 0 Å². The largest absolute Gasteiger partial charge is 0.418 e. The van der Waals surface area contributed by atoms with Gasteiger partial charge in [0.1, 0.15) is 0 Å². The van der Waals surface area contributed by atoms with E-state index in [0.29, 0.717) is 0 Å². The summed E-state index contributed by atoms with van der Waals surface area (Å²) in [5, 5.41) is 25.4. The third-order valence-electron chi connectivity index (χ3n) is 4.70. The minimum absolute atomic E-state index is 0.864. The third kappa shape index (κ3) is 10.3. The number of quaternary nitrogens is 1. The van der Waals surface area contributed by atoms with E-state index in [0.717, 1.165) is 0 Å². The summed E-state index contributed by atoms with van der Waals surface area (Å²) in [7, 11) is 0. The second-order valence-electron chi connectivity index (χ2n) is 7.08. The van der Waals surface area contributed by atoms with Crippen LogP contribution < -0.4 is 4.98 Å². The summed E-state index contributed by atoms with van der Waals surface area (Å²) in [5.74, 6) is -1.73. The average molecular weight is 401 g/mol. The lowest BCUT2D eigenvalue weighted by atomic mass is 10.1. The quantitative estimate of drug-likeness (QED) is 0.259. The Bertz CT molecular complexity index is 498. The van der Waals surface area contributed by atoms with Crippen molar-refractivity contribution in [2.45, 2.75) is 79.1 Å². The van der Waals surface area contributed by atoms with Gasteiger partial charge in [0.25, 0.3) is 0 Å². The molecule has 0 spiro atoms. The Labute approximate surface area is 167 Å². The van der Waals surface area contributed by atoms with E-state index in [1.807, 2.05) is 0 Å². The fourth-order valence-corrected chi connectivity index (χ4v) is 3.02. The van der Waals surface area contributed by atoms with Gasteiger partial charge in [-0.1, -0.05) is 68.2 Å². The van der Waals surface area contributed by atoms with Crippen LogP contribution in [0, 0.1) is 20.2 Å². The lowest BCUT2D eigenvalue weighted by molar-refractivity contribution is -0.929. The Kier molecular flexibility index (Phi) is 13.8. The Morgan fingerprint density at radius 1 is 0.714 bits per heavy atom. The normalized spacial score (nSPS) is 11.0. The highest BCUT2D eigenvalue weighted by molar-refractivity contribution is 5.10. The number of rotatable bonds is 14. The lowest BCUT2D eigenvalue weighted by Crippen LogP contribution is -2.50. The van der Waals surface area contributed by atoms with Crippen LogP contribution in [0.1, 0.15) is 79.1 Å². The van der Waals surface area contributed by atoms with Crippen LogP contribution >= 0.6 is 0 Å². The predicted molar refractivity (Wildman–Crippen MR) is 108 cm³/mol. The topological polar surface area (TPSA) is 126 Å². The van der Waals surface area contributed by atoms with Crippen molar-refractivity contribution in [3.63, 3.8) is 0 Å². The molecule has 1 rings (SSSR count). The smallest absolute Gasteiger partial charge is 0.417 e. The first-order chi connectivity index (χ1) is 13.4. The van der Waals surface area contributed by atoms with Gasteiger partial charge in [0.2, 0.25) is 0 Å². The van der Waals surface area contributed by atoms with Gasteiger partial charge in [-0.25, -0.2) is 0 Å². The van der Waals surface area contributed by atoms with Crippen molar-refractivity contribution in [2.24, 2.45) is 0 Å².